The van der Waals surface area contributed by atoms with Gasteiger partial charge < -0.3 is 33.2 Å². The number of aryl methyl sites for hydroxylation is 1. The summed E-state index contributed by atoms with van der Waals surface area (Å²) in [5.74, 6) is -2.23. The number of carbonyl (C=O) groups is 4. The van der Waals surface area contributed by atoms with Crippen LogP contribution in [0, 0.1) is 12.8 Å². The molecule has 0 heterocycles. The smallest absolute Gasteiger partial charge is 0.338 e. The summed E-state index contributed by atoms with van der Waals surface area (Å²) in [6, 6.07) is 2.93. The van der Waals surface area contributed by atoms with Gasteiger partial charge >= 0.3 is 23.9 Å². The van der Waals surface area contributed by atoms with E-state index in [1.54, 1.807) is 13.0 Å². The molecule has 0 bridgehead atoms. The zero-order valence-corrected chi connectivity index (χ0v) is 21.5. The minimum Gasteiger partial charge on any atom is -0.459 e. The zero-order chi connectivity index (χ0) is 28.1. The van der Waals surface area contributed by atoms with Gasteiger partial charge in [-0.05, 0) is 49.8 Å². The van der Waals surface area contributed by atoms with Crippen molar-refractivity contribution in [3.63, 3.8) is 0 Å². The molecule has 0 radical (unpaired) electrons. The summed E-state index contributed by atoms with van der Waals surface area (Å²) in [6.45, 7) is 12.5. The van der Waals surface area contributed by atoms with Crippen LogP contribution in [0.15, 0.2) is 50.1 Å². The van der Waals surface area contributed by atoms with Gasteiger partial charge in [0.1, 0.15) is 6.10 Å². The van der Waals surface area contributed by atoms with E-state index in [0.717, 1.165) is 18.2 Å². The molecule has 0 aromatic heterocycles. The van der Waals surface area contributed by atoms with E-state index >= 15 is 0 Å². The van der Waals surface area contributed by atoms with Crippen molar-refractivity contribution in [2.75, 3.05) is 20.4 Å². The lowest BCUT2D eigenvalue weighted by atomic mass is 9.86. The van der Waals surface area contributed by atoms with Crippen LogP contribution in [0.25, 0.3) is 0 Å². The summed E-state index contributed by atoms with van der Waals surface area (Å²) < 4.78 is 36.9. The van der Waals surface area contributed by atoms with Crippen LogP contribution in [-0.4, -0.2) is 56.5 Å². The first-order chi connectivity index (χ1) is 18.2. The van der Waals surface area contributed by atoms with E-state index in [0.29, 0.717) is 24.8 Å². The number of hydrogen-bond donors (Lipinski definition) is 0. The fourth-order valence-electron chi connectivity index (χ4n) is 3.70. The van der Waals surface area contributed by atoms with Gasteiger partial charge in [-0.2, -0.15) is 0 Å². The second-order valence-electron chi connectivity index (χ2n) is 8.29. The maximum Gasteiger partial charge on any atom is 0.338 e. The van der Waals surface area contributed by atoms with Crippen LogP contribution < -0.4 is 9.47 Å². The molecule has 2 rings (SSSR count). The summed E-state index contributed by atoms with van der Waals surface area (Å²) >= 11 is 0. The lowest BCUT2D eigenvalue weighted by Gasteiger charge is -2.33. The molecule has 0 amide bonds. The van der Waals surface area contributed by atoms with Crippen LogP contribution >= 0.6 is 0 Å². The SMILES string of the molecule is C=CC(=O)OCOc1cc(C(=O)OC2CCC(OCOC(=O)C=C)C(C)C2)cc(C)c1OCOC(=O)C=C. The van der Waals surface area contributed by atoms with Gasteiger partial charge in [-0.1, -0.05) is 26.7 Å². The van der Waals surface area contributed by atoms with Gasteiger partial charge in [-0.15, -0.1) is 0 Å². The van der Waals surface area contributed by atoms with E-state index in [4.69, 9.17) is 33.2 Å². The second kappa shape index (κ2) is 15.2. The number of carbonyl (C=O) groups excluding carboxylic acids is 4. The Morgan fingerprint density at radius 2 is 1.45 bits per heavy atom. The van der Waals surface area contributed by atoms with Crippen LogP contribution in [0.1, 0.15) is 42.1 Å². The molecular formula is C27H32O11. The molecule has 206 valence electrons. The van der Waals surface area contributed by atoms with Gasteiger partial charge in [0.25, 0.3) is 0 Å². The van der Waals surface area contributed by atoms with Crippen LogP contribution in [0.2, 0.25) is 0 Å². The fraction of sp³-hybridized carbons (Fsp3) is 0.407. The molecule has 1 aromatic rings. The van der Waals surface area contributed by atoms with E-state index in [2.05, 4.69) is 19.7 Å². The summed E-state index contributed by atoms with van der Waals surface area (Å²) in [4.78, 5) is 46.8. The minimum absolute atomic E-state index is 0.0539. The van der Waals surface area contributed by atoms with E-state index in [1.807, 2.05) is 6.92 Å². The van der Waals surface area contributed by atoms with Crippen LogP contribution in [0.3, 0.4) is 0 Å². The quantitative estimate of drug-likeness (QED) is 0.151. The Hall–Kier alpha value is -4.12. The van der Waals surface area contributed by atoms with Crippen molar-refractivity contribution in [2.45, 2.75) is 45.3 Å². The minimum atomic E-state index is -0.702. The molecule has 1 aliphatic carbocycles. The van der Waals surface area contributed by atoms with Gasteiger partial charge in [0.2, 0.25) is 13.6 Å². The van der Waals surface area contributed by atoms with Crippen LogP contribution in [0.4, 0.5) is 0 Å². The normalized spacial score (nSPS) is 18.3. The average Bonchev–Trinajstić information content (AvgIpc) is 2.90. The van der Waals surface area contributed by atoms with Crippen molar-refractivity contribution in [1.29, 1.82) is 0 Å². The van der Waals surface area contributed by atoms with Crippen molar-refractivity contribution >= 4 is 23.9 Å². The Morgan fingerprint density at radius 3 is 2.03 bits per heavy atom. The summed E-state index contributed by atoms with van der Waals surface area (Å²) in [5.41, 5.74) is 0.670. The number of hydrogen-bond acceptors (Lipinski definition) is 11. The molecule has 3 unspecified atom stereocenters. The average molecular weight is 533 g/mol. The molecule has 1 saturated carbocycles. The largest absolute Gasteiger partial charge is 0.459 e. The predicted molar refractivity (Wildman–Crippen MR) is 133 cm³/mol. The Kier molecular flexibility index (Phi) is 12.0. The Labute approximate surface area is 220 Å². The van der Waals surface area contributed by atoms with Crippen molar-refractivity contribution < 1.29 is 52.3 Å². The number of rotatable bonds is 14. The van der Waals surface area contributed by atoms with Crippen molar-refractivity contribution in [1.82, 2.24) is 0 Å². The number of benzene rings is 1. The standard InChI is InChI=1S/C27H32O11/c1-6-23(28)34-14-32-21-10-9-20(12-17(21)4)38-27(31)19-11-18(5)26(37-16-36-25(30)8-3)22(13-19)33-15-35-24(29)7-2/h6-8,11,13,17,20-21H,1-3,9-10,12,14-16H2,4-5H3. The van der Waals surface area contributed by atoms with Crippen molar-refractivity contribution in [3.8, 4) is 11.5 Å². The number of ether oxygens (including phenoxy) is 7. The topological polar surface area (TPSA) is 133 Å². The Bertz CT molecular complexity index is 1050. The van der Waals surface area contributed by atoms with Crippen LogP contribution in [0.5, 0.6) is 11.5 Å². The molecule has 1 aromatic carbocycles. The third kappa shape index (κ3) is 9.40. The Morgan fingerprint density at radius 1 is 0.868 bits per heavy atom. The van der Waals surface area contributed by atoms with Gasteiger partial charge in [-0.3, -0.25) is 0 Å². The molecule has 0 aliphatic heterocycles. The third-order valence-electron chi connectivity index (χ3n) is 5.60. The molecule has 0 spiro atoms. The maximum absolute atomic E-state index is 13.0. The highest BCUT2D eigenvalue weighted by atomic mass is 16.7. The van der Waals surface area contributed by atoms with Crippen LogP contribution in [-0.2, 0) is 38.1 Å². The highest BCUT2D eigenvalue weighted by molar-refractivity contribution is 5.91. The van der Waals surface area contributed by atoms with Crippen molar-refractivity contribution in [3.05, 3.63) is 61.2 Å². The molecule has 0 saturated heterocycles. The van der Waals surface area contributed by atoms with E-state index in [1.165, 1.54) is 6.07 Å². The molecule has 11 nitrogen and oxygen atoms in total. The number of esters is 4. The molecule has 11 heteroatoms. The first-order valence-corrected chi connectivity index (χ1v) is 11.8. The summed E-state index contributed by atoms with van der Waals surface area (Å²) in [6.07, 6.45) is 4.26. The van der Waals surface area contributed by atoms with Gasteiger partial charge in [0.15, 0.2) is 18.3 Å². The second-order valence-corrected chi connectivity index (χ2v) is 8.29. The van der Waals surface area contributed by atoms with Gasteiger partial charge in [0, 0.05) is 18.2 Å². The molecule has 0 N–H and O–H groups in total. The van der Waals surface area contributed by atoms with Crippen molar-refractivity contribution in [2.24, 2.45) is 5.92 Å². The third-order valence-corrected chi connectivity index (χ3v) is 5.60. The van der Waals surface area contributed by atoms with Gasteiger partial charge in [-0.25, -0.2) is 19.2 Å². The monoisotopic (exact) mass is 532 g/mol. The molecule has 38 heavy (non-hydrogen) atoms. The molecule has 3 atom stereocenters. The predicted octanol–water partition coefficient (Wildman–Crippen LogP) is 3.54. The summed E-state index contributed by atoms with van der Waals surface area (Å²) in [7, 11) is 0. The first kappa shape index (κ1) is 30.1. The maximum atomic E-state index is 13.0. The van der Waals surface area contributed by atoms with E-state index in [-0.39, 0.29) is 42.0 Å². The Balaban J connectivity index is 2.05. The highest BCUT2D eigenvalue weighted by Crippen LogP contribution is 2.34. The lowest BCUT2D eigenvalue weighted by molar-refractivity contribution is -0.161. The molecule has 1 fully saturated rings. The van der Waals surface area contributed by atoms with E-state index < -0.39 is 37.5 Å². The zero-order valence-electron chi connectivity index (χ0n) is 21.5. The van der Waals surface area contributed by atoms with E-state index in [9.17, 15) is 19.2 Å². The van der Waals surface area contributed by atoms with Gasteiger partial charge in [0.05, 0.1) is 11.7 Å². The first-order valence-electron chi connectivity index (χ1n) is 11.8. The lowest BCUT2D eigenvalue weighted by Crippen LogP contribution is -2.35. The summed E-state index contributed by atoms with van der Waals surface area (Å²) in [5, 5.41) is 0. The fourth-order valence-corrected chi connectivity index (χ4v) is 3.70. The highest BCUT2D eigenvalue weighted by Gasteiger charge is 2.31. The molecular weight excluding hydrogens is 500 g/mol. The molecule has 1 aliphatic rings.